The molecular formula is C12H15FN2O. The van der Waals surface area contributed by atoms with Gasteiger partial charge in [0.05, 0.1) is 5.69 Å². The Bertz CT molecular complexity index is 386. The number of amides is 1. The lowest BCUT2D eigenvalue weighted by Crippen LogP contribution is -2.38. The monoisotopic (exact) mass is 222 g/mol. The summed E-state index contributed by atoms with van der Waals surface area (Å²) in [5, 5.41) is 0. The molecule has 2 N–H and O–H groups in total. The summed E-state index contributed by atoms with van der Waals surface area (Å²) in [6, 6.07) is 6.71. The lowest BCUT2D eigenvalue weighted by atomic mass is 9.96. The third-order valence-electron chi connectivity index (χ3n) is 3.09. The molecule has 0 unspecified atom stereocenters. The average Bonchev–Trinajstić information content (AvgIpc) is 2.30. The van der Waals surface area contributed by atoms with Gasteiger partial charge in [-0.1, -0.05) is 12.1 Å². The second kappa shape index (κ2) is 4.51. The van der Waals surface area contributed by atoms with E-state index < -0.39 is 0 Å². The van der Waals surface area contributed by atoms with Gasteiger partial charge in [-0.25, -0.2) is 4.39 Å². The van der Waals surface area contributed by atoms with Crippen LogP contribution in [0, 0.1) is 11.7 Å². The van der Waals surface area contributed by atoms with Crippen LogP contribution in [0.15, 0.2) is 24.3 Å². The highest BCUT2D eigenvalue weighted by atomic mass is 19.1. The number of para-hydroxylation sites is 1. The number of hydrogen-bond donors (Lipinski definition) is 1. The molecule has 1 amide bonds. The Balaban J connectivity index is 2.05. The topological polar surface area (TPSA) is 46.3 Å². The van der Waals surface area contributed by atoms with E-state index in [2.05, 4.69) is 0 Å². The van der Waals surface area contributed by atoms with E-state index in [1.807, 2.05) is 11.0 Å². The fraction of sp³-hybridized carbons (Fsp3) is 0.417. The van der Waals surface area contributed by atoms with E-state index in [1.54, 1.807) is 12.1 Å². The molecule has 86 valence electrons. The first kappa shape index (κ1) is 10.9. The highest BCUT2D eigenvalue weighted by molar-refractivity contribution is 5.77. The third-order valence-corrected chi connectivity index (χ3v) is 3.09. The summed E-state index contributed by atoms with van der Waals surface area (Å²) >= 11 is 0. The molecule has 0 spiro atoms. The van der Waals surface area contributed by atoms with E-state index in [0.29, 0.717) is 31.6 Å². The molecule has 0 aromatic heterocycles. The lowest BCUT2D eigenvalue weighted by Gasteiger charge is -2.32. The molecule has 1 fully saturated rings. The van der Waals surface area contributed by atoms with Crippen LogP contribution in [0.4, 0.5) is 10.1 Å². The number of primary amides is 1. The van der Waals surface area contributed by atoms with E-state index in [4.69, 9.17) is 5.73 Å². The summed E-state index contributed by atoms with van der Waals surface area (Å²) < 4.78 is 13.5. The fourth-order valence-corrected chi connectivity index (χ4v) is 2.11. The van der Waals surface area contributed by atoms with Gasteiger partial charge in [-0.05, 0) is 25.0 Å². The Morgan fingerprint density at radius 3 is 2.50 bits per heavy atom. The summed E-state index contributed by atoms with van der Waals surface area (Å²) in [4.78, 5) is 13.0. The van der Waals surface area contributed by atoms with Crippen LogP contribution in [-0.2, 0) is 4.79 Å². The minimum Gasteiger partial charge on any atom is -0.369 e. The van der Waals surface area contributed by atoms with Crippen molar-refractivity contribution in [1.82, 2.24) is 0 Å². The SMILES string of the molecule is NC(=O)C1CCN(c2ccccc2F)CC1. The second-order valence-electron chi connectivity index (χ2n) is 4.12. The fourth-order valence-electron chi connectivity index (χ4n) is 2.11. The Morgan fingerprint density at radius 2 is 1.94 bits per heavy atom. The van der Waals surface area contributed by atoms with Crippen molar-refractivity contribution in [3.8, 4) is 0 Å². The number of halogens is 1. The van der Waals surface area contributed by atoms with E-state index in [0.717, 1.165) is 0 Å². The normalized spacial score (nSPS) is 17.4. The highest BCUT2D eigenvalue weighted by Crippen LogP contribution is 2.25. The van der Waals surface area contributed by atoms with Gasteiger partial charge in [0.2, 0.25) is 5.91 Å². The molecule has 0 atom stereocenters. The summed E-state index contributed by atoms with van der Waals surface area (Å²) in [5.41, 5.74) is 5.87. The van der Waals surface area contributed by atoms with Gasteiger partial charge in [0.1, 0.15) is 5.82 Å². The molecule has 2 rings (SSSR count). The third kappa shape index (κ3) is 2.15. The highest BCUT2D eigenvalue weighted by Gasteiger charge is 2.24. The molecule has 1 saturated heterocycles. The van der Waals surface area contributed by atoms with Crippen LogP contribution >= 0.6 is 0 Å². The zero-order valence-corrected chi connectivity index (χ0v) is 9.03. The number of nitrogens with two attached hydrogens (primary N) is 1. The van der Waals surface area contributed by atoms with E-state index in [-0.39, 0.29) is 17.6 Å². The molecule has 4 heteroatoms. The molecular weight excluding hydrogens is 207 g/mol. The number of carbonyl (C=O) groups is 1. The van der Waals surface area contributed by atoms with Crippen LogP contribution in [0.5, 0.6) is 0 Å². The molecule has 0 aliphatic carbocycles. The molecule has 0 radical (unpaired) electrons. The molecule has 3 nitrogen and oxygen atoms in total. The number of rotatable bonds is 2. The Hall–Kier alpha value is -1.58. The Labute approximate surface area is 94.0 Å². The van der Waals surface area contributed by atoms with Gasteiger partial charge in [-0.2, -0.15) is 0 Å². The Kier molecular flexibility index (Phi) is 3.08. The average molecular weight is 222 g/mol. The van der Waals surface area contributed by atoms with Crippen molar-refractivity contribution in [1.29, 1.82) is 0 Å². The van der Waals surface area contributed by atoms with Gasteiger partial charge in [0.25, 0.3) is 0 Å². The zero-order valence-electron chi connectivity index (χ0n) is 9.03. The zero-order chi connectivity index (χ0) is 11.5. The van der Waals surface area contributed by atoms with Crippen molar-refractivity contribution in [3.05, 3.63) is 30.1 Å². The van der Waals surface area contributed by atoms with E-state index >= 15 is 0 Å². The van der Waals surface area contributed by atoms with Crippen molar-refractivity contribution in [2.75, 3.05) is 18.0 Å². The predicted octanol–water partition coefficient (Wildman–Crippen LogP) is 1.53. The standard InChI is InChI=1S/C12H15FN2O/c13-10-3-1-2-4-11(10)15-7-5-9(6-8-15)12(14)16/h1-4,9H,5-8H2,(H2,14,16). The van der Waals surface area contributed by atoms with Crippen molar-refractivity contribution < 1.29 is 9.18 Å². The van der Waals surface area contributed by atoms with E-state index in [1.165, 1.54) is 6.07 Å². The summed E-state index contributed by atoms with van der Waals surface area (Å²) in [6.07, 6.45) is 1.42. The van der Waals surface area contributed by atoms with Gasteiger partial charge >= 0.3 is 0 Å². The first-order valence-corrected chi connectivity index (χ1v) is 5.47. The van der Waals surface area contributed by atoms with Crippen molar-refractivity contribution in [2.24, 2.45) is 11.7 Å². The Morgan fingerprint density at radius 1 is 1.31 bits per heavy atom. The number of anilines is 1. The molecule has 1 aromatic carbocycles. The number of nitrogens with zero attached hydrogens (tertiary/aromatic N) is 1. The van der Waals surface area contributed by atoms with Crippen LogP contribution in [0.2, 0.25) is 0 Å². The van der Waals surface area contributed by atoms with Crippen molar-refractivity contribution >= 4 is 11.6 Å². The van der Waals surface area contributed by atoms with Gasteiger partial charge < -0.3 is 10.6 Å². The number of piperidine rings is 1. The van der Waals surface area contributed by atoms with Gasteiger partial charge in [-0.15, -0.1) is 0 Å². The molecule has 16 heavy (non-hydrogen) atoms. The molecule has 1 aromatic rings. The molecule has 0 saturated carbocycles. The van der Waals surface area contributed by atoms with Crippen molar-refractivity contribution in [2.45, 2.75) is 12.8 Å². The molecule has 1 aliphatic heterocycles. The van der Waals surface area contributed by atoms with Crippen molar-refractivity contribution in [3.63, 3.8) is 0 Å². The largest absolute Gasteiger partial charge is 0.369 e. The maximum Gasteiger partial charge on any atom is 0.220 e. The quantitative estimate of drug-likeness (QED) is 0.824. The van der Waals surface area contributed by atoms with Gasteiger partial charge in [-0.3, -0.25) is 4.79 Å². The summed E-state index contributed by atoms with van der Waals surface area (Å²) in [6.45, 7) is 1.38. The van der Waals surface area contributed by atoms with Crippen LogP contribution < -0.4 is 10.6 Å². The first-order valence-electron chi connectivity index (χ1n) is 5.47. The molecule has 1 heterocycles. The predicted molar refractivity (Wildman–Crippen MR) is 60.5 cm³/mol. The molecule has 1 aliphatic rings. The summed E-state index contributed by atoms with van der Waals surface area (Å²) in [7, 11) is 0. The maximum atomic E-state index is 13.5. The van der Waals surface area contributed by atoms with Crippen LogP contribution in [0.25, 0.3) is 0 Å². The lowest BCUT2D eigenvalue weighted by molar-refractivity contribution is -0.122. The van der Waals surface area contributed by atoms with E-state index in [9.17, 15) is 9.18 Å². The minimum absolute atomic E-state index is 0.0528. The number of hydrogen-bond acceptors (Lipinski definition) is 2. The van der Waals surface area contributed by atoms with Crippen LogP contribution in [-0.4, -0.2) is 19.0 Å². The van der Waals surface area contributed by atoms with Crippen LogP contribution in [0.1, 0.15) is 12.8 Å². The maximum absolute atomic E-state index is 13.5. The molecule has 0 bridgehead atoms. The number of benzene rings is 1. The van der Waals surface area contributed by atoms with Crippen LogP contribution in [0.3, 0.4) is 0 Å². The number of carbonyl (C=O) groups excluding carboxylic acids is 1. The summed E-state index contributed by atoms with van der Waals surface area (Å²) in [5.74, 6) is -0.503. The van der Waals surface area contributed by atoms with Gasteiger partial charge in [0, 0.05) is 19.0 Å². The van der Waals surface area contributed by atoms with Gasteiger partial charge in [0.15, 0.2) is 0 Å². The second-order valence-corrected chi connectivity index (χ2v) is 4.12. The smallest absolute Gasteiger partial charge is 0.220 e. The minimum atomic E-state index is -0.242. The first-order chi connectivity index (χ1) is 7.68.